The summed E-state index contributed by atoms with van der Waals surface area (Å²) in [5.41, 5.74) is 2.81. The summed E-state index contributed by atoms with van der Waals surface area (Å²) < 4.78 is 0. The molecule has 1 aliphatic rings. The number of rotatable bonds is 5. The largest absolute Gasteiger partial charge is 0.307 e. The minimum absolute atomic E-state index is 0.196. The first kappa shape index (κ1) is 16.5. The van der Waals surface area contributed by atoms with Crippen molar-refractivity contribution < 1.29 is 0 Å². The SMILES string of the molecule is CCCc1cc(CN(C)C2CC(C)(C)NC(C)(C)C2)[nH]n1. The highest BCUT2D eigenvalue weighted by Crippen LogP contribution is 2.31. The molecule has 1 saturated heterocycles. The summed E-state index contributed by atoms with van der Waals surface area (Å²) in [4.78, 5) is 2.48. The molecule has 0 saturated carbocycles. The van der Waals surface area contributed by atoms with E-state index in [0.29, 0.717) is 6.04 Å². The molecule has 0 bridgehead atoms. The van der Waals surface area contributed by atoms with E-state index in [-0.39, 0.29) is 11.1 Å². The molecule has 0 unspecified atom stereocenters. The first-order valence-electron chi connectivity index (χ1n) is 8.23. The van der Waals surface area contributed by atoms with Crippen LogP contribution in [0.1, 0.15) is 65.3 Å². The zero-order chi connectivity index (χ0) is 15.7. The van der Waals surface area contributed by atoms with Gasteiger partial charge in [-0.3, -0.25) is 10.00 Å². The quantitative estimate of drug-likeness (QED) is 0.876. The summed E-state index contributed by atoms with van der Waals surface area (Å²) in [5, 5.41) is 11.3. The van der Waals surface area contributed by atoms with Gasteiger partial charge in [0.2, 0.25) is 0 Å². The fourth-order valence-electron chi connectivity index (χ4n) is 3.85. The first-order chi connectivity index (χ1) is 9.71. The maximum Gasteiger partial charge on any atom is 0.0625 e. The van der Waals surface area contributed by atoms with E-state index in [1.54, 1.807) is 0 Å². The summed E-state index contributed by atoms with van der Waals surface area (Å²) in [6.07, 6.45) is 4.58. The number of piperidine rings is 1. The smallest absolute Gasteiger partial charge is 0.0625 e. The van der Waals surface area contributed by atoms with Crippen LogP contribution in [-0.2, 0) is 13.0 Å². The third kappa shape index (κ3) is 4.55. The zero-order valence-electron chi connectivity index (χ0n) is 14.6. The van der Waals surface area contributed by atoms with E-state index in [0.717, 1.165) is 19.4 Å². The fraction of sp³-hybridized carbons (Fsp3) is 0.824. The zero-order valence-corrected chi connectivity index (χ0v) is 14.6. The predicted octanol–water partition coefficient (Wildman–Crippen LogP) is 3.10. The Kier molecular flexibility index (Phi) is 4.79. The van der Waals surface area contributed by atoms with Crippen molar-refractivity contribution in [1.29, 1.82) is 0 Å². The summed E-state index contributed by atoms with van der Waals surface area (Å²) >= 11 is 0. The molecule has 4 nitrogen and oxygen atoms in total. The van der Waals surface area contributed by atoms with Crippen molar-refractivity contribution in [2.45, 2.75) is 84.0 Å². The fourth-order valence-corrected chi connectivity index (χ4v) is 3.85. The average Bonchev–Trinajstić information content (AvgIpc) is 2.73. The number of aryl methyl sites for hydroxylation is 1. The normalized spacial score (nSPS) is 21.9. The summed E-state index contributed by atoms with van der Waals surface area (Å²) in [7, 11) is 2.24. The first-order valence-corrected chi connectivity index (χ1v) is 8.23. The highest BCUT2D eigenvalue weighted by molar-refractivity contribution is 5.09. The molecular weight excluding hydrogens is 260 g/mol. The topological polar surface area (TPSA) is 44.0 Å². The average molecular weight is 292 g/mol. The third-order valence-electron chi connectivity index (χ3n) is 4.40. The maximum absolute atomic E-state index is 4.40. The van der Waals surface area contributed by atoms with Gasteiger partial charge < -0.3 is 5.32 Å². The Labute approximate surface area is 129 Å². The third-order valence-corrected chi connectivity index (χ3v) is 4.40. The Balaban J connectivity index is 2.00. The minimum atomic E-state index is 0.196. The molecule has 1 aliphatic heterocycles. The van der Waals surface area contributed by atoms with Gasteiger partial charge in [-0.1, -0.05) is 13.3 Å². The number of aromatic amines is 1. The van der Waals surface area contributed by atoms with Crippen molar-refractivity contribution in [3.63, 3.8) is 0 Å². The molecule has 4 heteroatoms. The Morgan fingerprint density at radius 1 is 1.24 bits per heavy atom. The lowest BCUT2D eigenvalue weighted by Gasteiger charge is -2.49. The maximum atomic E-state index is 4.40. The van der Waals surface area contributed by atoms with Crippen molar-refractivity contribution in [2.24, 2.45) is 0 Å². The molecule has 0 aliphatic carbocycles. The standard InChI is InChI=1S/C17H32N4/c1-7-8-13-9-14(19-18-13)12-21(6)15-10-16(2,3)20-17(4,5)11-15/h9,15,20H,7-8,10-12H2,1-6H3,(H,18,19). The summed E-state index contributed by atoms with van der Waals surface area (Å²) in [6.45, 7) is 12.4. The Morgan fingerprint density at radius 2 is 1.86 bits per heavy atom. The second-order valence-electron chi connectivity index (χ2n) is 8.00. The highest BCUT2D eigenvalue weighted by atomic mass is 15.2. The van der Waals surface area contributed by atoms with Crippen LogP contribution >= 0.6 is 0 Å². The van der Waals surface area contributed by atoms with E-state index in [4.69, 9.17) is 0 Å². The molecule has 1 fully saturated rings. The Bertz CT molecular complexity index is 445. The van der Waals surface area contributed by atoms with Gasteiger partial charge in [-0.2, -0.15) is 5.10 Å². The summed E-state index contributed by atoms with van der Waals surface area (Å²) in [6, 6.07) is 2.83. The summed E-state index contributed by atoms with van der Waals surface area (Å²) in [5.74, 6) is 0. The van der Waals surface area contributed by atoms with Crippen LogP contribution in [0, 0.1) is 0 Å². The van der Waals surface area contributed by atoms with Gasteiger partial charge in [0.1, 0.15) is 0 Å². The van der Waals surface area contributed by atoms with Crippen molar-refractivity contribution in [2.75, 3.05) is 7.05 Å². The second-order valence-corrected chi connectivity index (χ2v) is 8.00. The lowest BCUT2D eigenvalue weighted by Crippen LogP contribution is -2.61. The van der Waals surface area contributed by atoms with Crippen LogP contribution < -0.4 is 5.32 Å². The van der Waals surface area contributed by atoms with Crippen LogP contribution in [0.15, 0.2) is 6.07 Å². The van der Waals surface area contributed by atoms with Gasteiger partial charge in [0, 0.05) is 29.4 Å². The van der Waals surface area contributed by atoms with Crippen LogP contribution in [0.2, 0.25) is 0 Å². The van der Waals surface area contributed by atoms with Crippen LogP contribution in [0.5, 0.6) is 0 Å². The van der Waals surface area contributed by atoms with E-state index in [1.807, 2.05) is 0 Å². The van der Waals surface area contributed by atoms with E-state index in [1.165, 1.54) is 24.2 Å². The van der Waals surface area contributed by atoms with Crippen LogP contribution in [0.25, 0.3) is 0 Å². The molecular formula is C17H32N4. The molecule has 1 aromatic heterocycles. The van der Waals surface area contributed by atoms with Gasteiger partial charge in [0.25, 0.3) is 0 Å². The second kappa shape index (κ2) is 6.09. The van der Waals surface area contributed by atoms with Gasteiger partial charge in [0.15, 0.2) is 0 Å². The van der Waals surface area contributed by atoms with Gasteiger partial charge in [-0.15, -0.1) is 0 Å². The number of hydrogen-bond acceptors (Lipinski definition) is 3. The van der Waals surface area contributed by atoms with Crippen LogP contribution in [0.4, 0.5) is 0 Å². The molecule has 2 heterocycles. The van der Waals surface area contributed by atoms with E-state index >= 15 is 0 Å². The Morgan fingerprint density at radius 3 is 2.43 bits per heavy atom. The molecule has 2 N–H and O–H groups in total. The van der Waals surface area contributed by atoms with Crippen molar-refractivity contribution >= 4 is 0 Å². The van der Waals surface area contributed by atoms with Gasteiger partial charge in [-0.25, -0.2) is 0 Å². The highest BCUT2D eigenvalue weighted by Gasteiger charge is 2.39. The number of nitrogens with one attached hydrogen (secondary N) is 2. The molecule has 0 aromatic carbocycles. The van der Waals surface area contributed by atoms with Crippen LogP contribution in [0.3, 0.4) is 0 Å². The molecule has 21 heavy (non-hydrogen) atoms. The molecule has 0 atom stereocenters. The monoisotopic (exact) mass is 292 g/mol. The van der Waals surface area contributed by atoms with Gasteiger partial charge in [-0.05, 0) is 60.1 Å². The van der Waals surface area contributed by atoms with E-state index in [2.05, 4.69) is 68.1 Å². The van der Waals surface area contributed by atoms with E-state index in [9.17, 15) is 0 Å². The minimum Gasteiger partial charge on any atom is -0.307 e. The van der Waals surface area contributed by atoms with Gasteiger partial charge in [0.05, 0.1) is 5.69 Å². The lowest BCUT2D eigenvalue weighted by atomic mass is 9.79. The molecule has 0 radical (unpaired) electrons. The number of aromatic nitrogens is 2. The van der Waals surface area contributed by atoms with Crippen molar-refractivity contribution in [1.82, 2.24) is 20.4 Å². The van der Waals surface area contributed by atoms with Gasteiger partial charge >= 0.3 is 0 Å². The lowest BCUT2D eigenvalue weighted by molar-refractivity contribution is 0.0770. The molecule has 120 valence electrons. The van der Waals surface area contributed by atoms with Crippen molar-refractivity contribution in [3.05, 3.63) is 17.5 Å². The number of H-pyrrole nitrogens is 1. The van der Waals surface area contributed by atoms with Crippen LogP contribution in [-0.4, -0.2) is 39.3 Å². The number of nitrogens with zero attached hydrogens (tertiary/aromatic N) is 2. The molecule has 0 amide bonds. The Hall–Kier alpha value is -0.870. The molecule has 0 spiro atoms. The molecule has 2 rings (SSSR count). The predicted molar refractivity (Wildman–Crippen MR) is 88.4 cm³/mol. The number of hydrogen-bond donors (Lipinski definition) is 2. The van der Waals surface area contributed by atoms with E-state index < -0.39 is 0 Å². The van der Waals surface area contributed by atoms with Crippen molar-refractivity contribution in [3.8, 4) is 0 Å². The molecule has 1 aromatic rings.